The highest BCUT2D eigenvalue weighted by atomic mass is 16.3. The Balaban J connectivity index is 1.51. The minimum Gasteiger partial charge on any atom is -0.508 e. The number of rotatable bonds is 9. The molecule has 0 saturated heterocycles. The molecule has 6 rings (SSSR count). The molecule has 3 aromatic carbocycles. The number of aromatic hydroxyl groups is 1. The van der Waals surface area contributed by atoms with Crippen LogP contribution in [0, 0.1) is 17.8 Å². The van der Waals surface area contributed by atoms with Gasteiger partial charge in [-0.05, 0) is 84.3 Å². The molecule has 9 heteroatoms. The van der Waals surface area contributed by atoms with Gasteiger partial charge in [-0.1, -0.05) is 82.0 Å². The summed E-state index contributed by atoms with van der Waals surface area (Å²) in [5.74, 6) is -6.06. The van der Waals surface area contributed by atoms with Gasteiger partial charge in [-0.3, -0.25) is 19.3 Å². The van der Waals surface area contributed by atoms with E-state index < -0.39 is 58.0 Å². The molecule has 3 aromatic rings. The first-order valence-corrected chi connectivity index (χ1v) is 16.9. The number of benzene rings is 3. The zero-order valence-electron chi connectivity index (χ0n) is 27.9. The number of phenols is 1. The second-order valence-electron chi connectivity index (χ2n) is 13.9. The van der Waals surface area contributed by atoms with E-state index >= 15 is 0 Å². The summed E-state index contributed by atoms with van der Waals surface area (Å²) in [4.78, 5) is 41.4. The van der Waals surface area contributed by atoms with Gasteiger partial charge in [0.2, 0.25) is 5.78 Å². The van der Waals surface area contributed by atoms with Gasteiger partial charge >= 0.3 is 0 Å². The zero-order valence-corrected chi connectivity index (χ0v) is 27.9. The quantitative estimate of drug-likeness (QED) is 0.188. The Morgan fingerprint density at radius 1 is 0.958 bits per heavy atom. The molecule has 4 atom stereocenters. The first-order valence-electron chi connectivity index (χ1n) is 16.9. The Morgan fingerprint density at radius 2 is 1.60 bits per heavy atom. The summed E-state index contributed by atoms with van der Waals surface area (Å²) in [6.07, 6.45) is 5.83. The summed E-state index contributed by atoms with van der Waals surface area (Å²) in [6.45, 7) is 4.44. The Kier molecular flexibility index (Phi) is 8.72. The number of amides is 1. The maximum absolute atomic E-state index is 14.2. The van der Waals surface area contributed by atoms with Crippen LogP contribution in [0.2, 0.25) is 0 Å². The van der Waals surface area contributed by atoms with Gasteiger partial charge in [-0.25, -0.2) is 0 Å². The third kappa shape index (κ3) is 5.02. The average Bonchev–Trinajstić information content (AvgIpc) is 3.03. The number of ketones is 2. The Morgan fingerprint density at radius 3 is 2.23 bits per heavy atom. The van der Waals surface area contributed by atoms with Crippen molar-refractivity contribution in [2.75, 3.05) is 14.1 Å². The molecule has 9 nitrogen and oxygen atoms in total. The van der Waals surface area contributed by atoms with Crippen molar-refractivity contribution in [1.29, 1.82) is 0 Å². The van der Waals surface area contributed by atoms with E-state index in [1.807, 2.05) is 18.2 Å². The van der Waals surface area contributed by atoms with Crippen LogP contribution in [0.15, 0.2) is 65.4 Å². The number of aliphatic hydroxyl groups is 3. The maximum Gasteiger partial charge on any atom is 0.255 e. The number of primary amides is 1. The number of nitrogens with zero attached hydrogens (tertiary/aromatic N) is 1. The fourth-order valence-corrected chi connectivity index (χ4v) is 8.75. The third-order valence-corrected chi connectivity index (χ3v) is 10.8. The molecule has 3 aliphatic rings. The van der Waals surface area contributed by atoms with Gasteiger partial charge in [-0.15, -0.1) is 0 Å². The lowest BCUT2D eigenvalue weighted by molar-refractivity contribution is -0.153. The molecule has 0 bridgehead atoms. The standard InChI is InChI=1S/C39H44N2O7/c1-5-9-20(10-6-2)17-21-13-14-25(24-12-8-7-11-23(21)24)26-15-16-29(42)31-27(26)18-22-19-28-33(41(3)4)35(44)32(38(40)47)37(46)39(28,48)36(45)30(22)34(31)43/h7-8,11-16,20,22,28,33,42-43,46,48H,5-6,9-10,17-19H2,1-4H3,(H2,40,47)/t22-,28-,33+,39-/m0/s1. The summed E-state index contributed by atoms with van der Waals surface area (Å²) in [5, 5.41) is 48.1. The van der Waals surface area contributed by atoms with Crippen molar-refractivity contribution in [2.45, 2.75) is 70.4 Å². The second kappa shape index (κ2) is 12.5. The molecule has 3 aliphatic carbocycles. The molecule has 252 valence electrons. The molecule has 1 amide bonds. The molecule has 0 spiro atoms. The highest BCUT2D eigenvalue weighted by molar-refractivity contribution is 6.24. The van der Waals surface area contributed by atoms with Crippen LogP contribution < -0.4 is 5.73 Å². The fraction of sp³-hybridized carbons (Fsp3) is 0.410. The smallest absolute Gasteiger partial charge is 0.255 e. The molecule has 0 radical (unpaired) electrons. The van der Waals surface area contributed by atoms with Crippen molar-refractivity contribution in [1.82, 2.24) is 4.90 Å². The lowest BCUT2D eigenvalue weighted by atomic mass is 9.57. The largest absolute Gasteiger partial charge is 0.508 e. The third-order valence-electron chi connectivity index (χ3n) is 10.8. The predicted octanol–water partition coefficient (Wildman–Crippen LogP) is 5.54. The van der Waals surface area contributed by atoms with Crippen LogP contribution in [-0.4, -0.2) is 68.5 Å². The van der Waals surface area contributed by atoms with Gasteiger partial charge in [-0.2, -0.15) is 0 Å². The number of aliphatic hydroxyl groups excluding tert-OH is 2. The Labute approximate surface area is 280 Å². The van der Waals surface area contributed by atoms with Crippen molar-refractivity contribution in [3.8, 4) is 16.9 Å². The van der Waals surface area contributed by atoms with E-state index in [9.17, 15) is 34.8 Å². The van der Waals surface area contributed by atoms with E-state index in [1.54, 1.807) is 14.1 Å². The van der Waals surface area contributed by atoms with Crippen LogP contribution in [0.1, 0.15) is 62.6 Å². The van der Waals surface area contributed by atoms with E-state index in [-0.39, 0.29) is 29.7 Å². The number of Topliss-reactive ketones (excluding diaryl/α,β-unsaturated/α-hetero) is 2. The molecule has 1 saturated carbocycles. The number of fused-ring (bicyclic) bond motifs is 4. The van der Waals surface area contributed by atoms with Gasteiger partial charge in [0.1, 0.15) is 22.8 Å². The van der Waals surface area contributed by atoms with E-state index in [1.165, 1.54) is 16.5 Å². The number of likely N-dealkylation sites (N-methyl/N-ethyl adjacent to an activating group) is 1. The number of nitrogens with two attached hydrogens (primary N) is 1. The topological polar surface area (TPSA) is 161 Å². The Hall–Kier alpha value is -4.47. The number of carbonyl (C=O) groups excluding carboxylic acids is 3. The molecular weight excluding hydrogens is 608 g/mol. The predicted molar refractivity (Wildman–Crippen MR) is 184 cm³/mol. The highest BCUT2D eigenvalue weighted by Gasteiger charge is 2.64. The SMILES string of the molecule is CCCC(CCC)Cc1ccc(-c2ccc(O)c3c2C[C@H]2C[C@H]4[C@@H](N(C)C)C(=O)C(C(N)=O)=C(O)[C@@]4(O)C(=O)C2=C3O)c2ccccc12. The molecule has 1 fully saturated rings. The van der Waals surface area contributed by atoms with Crippen molar-refractivity contribution in [3.63, 3.8) is 0 Å². The van der Waals surface area contributed by atoms with Crippen molar-refractivity contribution < 1.29 is 34.8 Å². The summed E-state index contributed by atoms with van der Waals surface area (Å²) < 4.78 is 0. The lowest BCUT2D eigenvalue weighted by Gasteiger charge is -2.50. The fourth-order valence-electron chi connectivity index (χ4n) is 8.75. The van der Waals surface area contributed by atoms with Crippen LogP contribution in [0.4, 0.5) is 0 Å². The van der Waals surface area contributed by atoms with Crippen LogP contribution in [0.25, 0.3) is 27.7 Å². The molecular formula is C39H44N2O7. The molecule has 0 unspecified atom stereocenters. The van der Waals surface area contributed by atoms with Gasteiger partial charge in [0.15, 0.2) is 11.4 Å². The lowest BCUT2D eigenvalue weighted by Crippen LogP contribution is -2.65. The van der Waals surface area contributed by atoms with Gasteiger partial charge in [0.05, 0.1) is 11.6 Å². The number of carbonyl (C=O) groups is 3. The minimum absolute atomic E-state index is 0.0385. The molecule has 48 heavy (non-hydrogen) atoms. The number of hydrogen-bond donors (Lipinski definition) is 5. The van der Waals surface area contributed by atoms with E-state index in [2.05, 4.69) is 38.1 Å². The van der Waals surface area contributed by atoms with Gasteiger partial charge < -0.3 is 26.2 Å². The molecule has 6 N–H and O–H groups in total. The molecule has 0 heterocycles. The van der Waals surface area contributed by atoms with Crippen molar-refractivity contribution >= 4 is 34.0 Å². The average molecular weight is 653 g/mol. The van der Waals surface area contributed by atoms with Crippen LogP contribution in [0.5, 0.6) is 5.75 Å². The molecule has 0 aromatic heterocycles. The van der Waals surface area contributed by atoms with Crippen molar-refractivity contribution in [2.24, 2.45) is 23.5 Å². The highest BCUT2D eigenvalue weighted by Crippen LogP contribution is 2.54. The van der Waals surface area contributed by atoms with Gasteiger partial charge in [0.25, 0.3) is 5.91 Å². The van der Waals surface area contributed by atoms with Crippen LogP contribution >= 0.6 is 0 Å². The van der Waals surface area contributed by atoms with Crippen LogP contribution in [0.3, 0.4) is 0 Å². The maximum atomic E-state index is 14.2. The summed E-state index contributed by atoms with van der Waals surface area (Å²) >= 11 is 0. The number of hydrogen-bond acceptors (Lipinski definition) is 8. The van der Waals surface area contributed by atoms with E-state index in [4.69, 9.17) is 5.73 Å². The summed E-state index contributed by atoms with van der Waals surface area (Å²) in [5.41, 5.74) is 5.51. The zero-order chi connectivity index (χ0) is 34.7. The Bertz CT molecular complexity index is 1900. The van der Waals surface area contributed by atoms with Crippen LogP contribution in [-0.2, 0) is 27.2 Å². The van der Waals surface area contributed by atoms with E-state index in [0.717, 1.165) is 54.0 Å². The van der Waals surface area contributed by atoms with E-state index in [0.29, 0.717) is 11.5 Å². The first kappa shape index (κ1) is 33.4. The van der Waals surface area contributed by atoms with Gasteiger partial charge in [0, 0.05) is 11.5 Å². The minimum atomic E-state index is -2.67. The summed E-state index contributed by atoms with van der Waals surface area (Å²) in [6, 6.07) is 14.7. The molecule has 0 aliphatic heterocycles. The first-order chi connectivity index (χ1) is 22.9. The second-order valence-corrected chi connectivity index (χ2v) is 13.9. The van der Waals surface area contributed by atoms with Crippen molar-refractivity contribution in [3.05, 3.63) is 82.1 Å². The number of phenolic OH excluding ortho intramolecular Hbond substituents is 1. The summed E-state index contributed by atoms with van der Waals surface area (Å²) in [7, 11) is 3.18. The monoisotopic (exact) mass is 652 g/mol. The normalized spacial score (nSPS) is 23.9.